The molecular weight excluding hydrogens is 232 g/mol. The SMILES string of the molecule is CCNCC(O)COc1ccc(CC(N)=O)cc1. The number of hydrogen-bond donors (Lipinski definition) is 3. The van der Waals surface area contributed by atoms with E-state index in [1.54, 1.807) is 24.3 Å². The summed E-state index contributed by atoms with van der Waals surface area (Å²) >= 11 is 0. The summed E-state index contributed by atoms with van der Waals surface area (Å²) in [5.74, 6) is 0.309. The van der Waals surface area contributed by atoms with E-state index >= 15 is 0 Å². The highest BCUT2D eigenvalue weighted by atomic mass is 16.5. The lowest BCUT2D eigenvalue weighted by atomic mass is 10.1. The molecule has 0 aliphatic rings. The van der Waals surface area contributed by atoms with Gasteiger partial charge in [-0.05, 0) is 24.2 Å². The van der Waals surface area contributed by atoms with Crippen molar-refractivity contribution in [3.8, 4) is 5.75 Å². The molecule has 1 aromatic rings. The number of nitrogens with one attached hydrogen (secondary N) is 1. The maximum atomic E-state index is 10.7. The van der Waals surface area contributed by atoms with Gasteiger partial charge in [-0.25, -0.2) is 0 Å². The molecule has 0 bridgehead atoms. The Kier molecular flexibility index (Phi) is 6.18. The van der Waals surface area contributed by atoms with Gasteiger partial charge in [0, 0.05) is 6.54 Å². The van der Waals surface area contributed by atoms with Crippen LogP contribution in [0.25, 0.3) is 0 Å². The van der Waals surface area contributed by atoms with Crippen LogP contribution in [0.5, 0.6) is 5.75 Å². The Labute approximate surface area is 107 Å². The molecule has 100 valence electrons. The van der Waals surface area contributed by atoms with Crippen LogP contribution in [-0.4, -0.2) is 36.8 Å². The second-order valence-electron chi connectivity index (χ2n) is 4.06. The number of primary amides is 1. The first-order valence-electron chi connectivity index (χ1n) is 6.00. The molecule has 5 heteroatoms. The first-order chi connectivity index (χ1) is 8.61. The van der Waals surface area contributed by atoms with E-state index in [0.29, 0.717) is 12.3 Å². The van der Waals surface area contributed by atoms with Crippen LogP contribution in [0.4, 0.5) is 0 Å². The van der Waals surface area contributed by atoms with Gasteiger partial charge in [0.2, 0.25) is 5.91 Å². The predicted molar refractivity (Wildman–Crippen MR) is 69.4 cm³/mol. The fourth-order valence-electron chi connectivity index (χ4n) is 1.47. The minimum atomic E-state index is -0.532. The average molecular weight is 252 g/mol. The molecule has 0 fully saturated rings. The zero-order valence-electron chi connectivity index (χ0n) is 10.6. The number of rotatable bonds is 8. The average Bonchev–Trinajstić information content (AvgIpc) is 2.35. The molecule has 18 heavy (non-hydrogen) atoms. The third-order valence-electron chi connectivity index (χ3n) is 2.37. The standard InChI is InChI=1S/C13H20N2O3/c1-2-15-8-11(16)9-18-12-5-3-10(4-6-12)7-13(14)17/h3-6,11,15-16H,2,7-9H2,1H3,(H2,14,17). The summed E-state index contributed by atoms with van der Waals surface area (Å²) in [5, 5.41) is 12.6. The summed E-state index contributed by atoms with van der Waals surface area (Å²) in [5.41, 5.74) is 5.95. The third-order valence-corrected chi connectivity index (χ3v) is 2.37. The Hall–Kier alpha value is -1.59. The molecule has 0 spiro atoms. The lowest BCUT2D eigenvalue weighted by Crippen LogP contribution is -2.31. The zero-order chi connectivity index (χ0) is 13.4. The quantitative estimate of drug-likeness (QED) is 0.611. The second kappa shape index (κ2) is 7.68. The van der Waals surface area contributed by atoms with Gasteiger partial charge in [-0.2, -0.15) is 0 Å². The van der Waals surface area contributed by atoms with Gasteiger partial charge in [0.05, 0.1) is 6.42 Å². The van der Waals surface area contributed by atoms with E-state index in [1.165, 1.54) is 0 Å². The fraction of sp³-hybridized carbons (Fsp3) is 0.462. The summed E-state index contributed by atoms with van der Waals surface area (Å²) in [6.45, 7) is 3.54. The Morgan fingerprint density at radius 2 is 2.11 bits per heavy atom. The van der Waals surface area contributed by atoms with Gasteiger partial charge in [-0.1, -0.05) is 19.1 Å². The molecule has 0 saturated heterocycles. The van der Waals surface area contributed by atoms with Crippen molar-refractivity contribution in [3.05, 3.63) is 29.8 Å². The van der Waals surface area contributed by atoms with Crippen molar-refractivity contribution in [2.45, 2.75) is 19.4 Å². The van der Waals surface area contributed by atoms with Gasteiger partial charge >= 0.3 is 0 Å². The maximum Gasteiger partial charge on any atom is 0.221 e. The summed E-state index contributed by atoms with van der Waals surface area (Å²) in [4.78, 5) is 10.7. The Morgan fingerprint density at radius 1 is 1.44 bits per heavy atom. The van der Waals surface area contributed by atoms with Gasteiger partial charge in [0.25, 0.3) is 0 Å². The van der Waals surface area contributed by atoms with Crippen molar-refractivity contribution in [1.82, 2.24) is 5.32 Å². The molecule has 1 rings (SSSR count). The Balaban J connectivity index is 2.36. The summed E-state index contributed by atoms with van der Waals surface area (Å²) in [6.07, 6.45) is -0.307. The lowest BCUT2D eigenvalue weighted by Gasteiger charge is -2.12. The van der Waals surface area contributed by atoms with Crippen LogP contribution in [-0.2, 0) is 11.2 Å². The molecule has 5 nitrogen and oxygen atoms in total. The van der Waals surface area contributed by atoms with Crippen molar-refractivity contribution in [1.29, 1.82) is 0 Å². The number of aliphatic hydroxyl groups is 1. The normalized spacial score (nSPS) is 12.1. The number of amides is 1. The third kappa shape index (κ3) is 5.65. The molecule has 1 aromatic carbocycles. The van der Waals surface area contributed by atoms with Gasteiger partial charge < -0.3 is 20.9 Å². The van der Waals surface area contributed by atoms with E-state index in [9.17, 15) is 9.90 Å². The smallest absolute Gasteiger partial charge is 0.221 e. The van der Waals surface area contributed by atoms with E-state index in [2.05, 4.69) is 5.32 Å². The van der Waals surface area contributed by atoms with Gasteiger partial charge in [-0.3, -0.25) is 4.79 Å². The molecule has 1 atom stereocenters. The number of carbonyl (C=O) groups is 1. The molecular formula is C13H20N2O3. The first-order valence-corrected chi connectivity index (χ1v) is 6.00. The summed E-state index contributed by atoms with van der Waals surface area (Å²) < 4.78 is 5.42. The molecule has 0 radical (unpaired) electrons. The van der Waals surface area contributed by atoms with Crippen LogP contribution in [0.2, 0.25) is 0 Å². The molecule has 1 unspecified atom stereocenters. The molecule has 0 aliphatic carbocycles. The highest BCUT2D eigenvalue weighted by Gasteiger charge is 2.04. The molecule has 1 amide bonds. The maximum absolute atomic E-state index is 10.7. The fourth-order valence-corrected chi connectivity index (χ4v) is 1.47. The number of aliphatic hydroxyl groups excluding tert-OH is 1. The topological polar surface area (TPSA) is 84.6 Å². The monoisotopic (exact) mass is 252 g/mol. The Bertz CT molecular complexity index is 365. The number of hydrogen-bond acceptors (Lipinski definition) is 4. The van der Waals surface area contributed by atoms with Crippen LogP contribution in [0.1, 0.15) is 12.5 Å². The van der Waals surface area contributed by atoms with Crippen LogP contribution in [0.15, 0.2) is 24.3 Å². The highest BCUT2D eigenvalue weighted by Crippen LogP contribution is 2.12. The van der Waals surface area contributed by atoms with Crippen molar-refractivity contribution in [2.75, 3.05) is 19.7 Å². The second-order valence-corrected chi connectivity index (χ2v) is 4.06. The van der Waals surface area contributed by atoms with E-state index in [1.807, 2.05) is 6.92 Å². The number of carbonyl (C=O) groups excluding carboxylic acids is 1. The molecule has 0 heterocycles. The van der Waals surface area contributed by atoms with E-state index < -0.39 is 6.10 Å². The van der Waals surface area contributed by atoms with Crippen LogP contribution >= 0.6 is 0 Å². The Morgan fingerprint density at radius 3 is 2.67 bits per heavy atom. The zero-order valence-corrected chi connectivity index (χ0v) is 10.6. The number of likely N-dealkylation sites (N-methyl/N-ethyl adjacent to an activating group) is 1. The minimum absolute atomic E-state index is 0.226. The van der Waals surface area contributed by atoms with E-state index in [-0.39, 0.29) is 18.9 Å². The summed E-state index contributed by atoms with van der Waals surface area (Å²) in [7, 11) is 0. The molecule has 0 aromatic heterocycles. The number of ether oxygens (including phenoxy) is 1. The van der Waals surface area contributed by atoms with Crippen molar-refractivity contribution in [2.24, 2.45) is 5.73 Å². The predicted octanol–water partition coefficient (Wildman–Crippen LogP) is 0.0636. The lowest BCUT2D eigenvalue weighted by molar-refractivity contribution is -0.117. The number of nitrogens with two attached hydrogens (primary N) is 1. The molecule has 4 N–H and O–H groups in total. The van der Waals surface area contributed by atoms with Crippen molar-refractivity contribution >= 4 is 5.91 Å². The number of benzene rings is 1. The van der Waals surface area contributed by atoms with Crippen LogP contribution in [0.3, 0.4) is 0 Å². The first kappa shape index (κ1) is 14.5. The van der Waals surface area contributed by atoms with Crippen LogP contribution < -0.4 is 15.8 Å². The van der Waals surface area contributed by atoms with Gasteiger partial charge in [0.15, 0.2) is 0 Å². The van der Waals surface area contributed by atoms with Gasteiger partial charge in [-0.15, -0.1) is 0 Å². The highest BCUT2D eigenvalue weighted by molar-refractivity contribution is 5.76. The van der Waals surface area contributed by atoms with Crippen molar-refractivity contribution < 1.29 is 14.6 Å². The van der Waals surface area contributed by atoms with Gasteiger partial charge in [0.1, 0.15) is 18.5 Å². The minimum Gasteiger partial charge on any atom is -0.491 e. The summed E-state index contributed by atoms with van der Waals surface area (Å²) in [6, 6.07) is 7.10. The van der Waals surface area contributed by atoms with E-state index in [4.69, 9.17) is 10.5 Å². The van der Waals surface area contributed by atoms with Crippen molar-refractivity contribution in [3.63, 3.8) is 0 Å². The van der Waals surface area contributed by atoms with E-state index in [0.717, 1.165) is 12.1 Å². The molecule has 0 saturated carbocycles. The largest absolute Gasteiger partial charge is 0.491 e. The van der Waals surface area contributed by atoms with Crippen LogP contribution in [0, 0.1) is 0 Å². The molecule has 0 aliphatic heterocycles.